The average Bonchev–Trinajstić information content (AvgIpc) is 3.27. The van der Waals surface area contributed by atoms with E-state index in [-0.39, 0.29) is 17.6 Å². The molecule has 3 aliphatic rings. The van der Waals surface area contributed by atoms with Gasteiger partial charge in [0, 0.05) is 38.2 Å². The molecule has 154 valence electrons. The first-order valence-electron chi connectivity index (χ1n) is 10.3. The Kier molecular flexibility index (Phi) is 5.57. The van der Waals surface area contributed by atoms with E-state index in [1.54, 1.807) is 20.3 Å². The summed E-state index contributed by atoms with van der Waals surface area (Å²) in [7, 11) is 3.19. The molecule has 3 fully saturated rings. The summed E-state index contributed by atoms with van der Waals surface area (Å²) >= 11 is 0. The van der Waals surface area contributed by atoms with Crippen LogP contribution < -0.4 is 14.4 Å². The molecule has 0 saturated carbocycles. The van der Waals surface area contributed by atoms with E-state index >= 15 is 0 Å². The Labute approximate surface area is 166 Å². The fourth-order valence-corrected chi connectivity index (χ4v) is 4.80. The Morgan fingerprint density at radius 1 is 1.14 bits per heavy atom. The summed E-state index contributed by atoms with van der Waals surface area (Å²) in [6.45, 7) is 3.23. The van der Waals surface area contributed by atoms with Crippen LogP contribution in [0.25, 0.3) is 0 Å². The zero-order valence-corrected chi connectivity index (χ0v) is 16.9. The van der Waals surface area contributed by atoms with Crippen LogP contribution in [0.4, 0.5) is 5.95 Å². The topological polar surface area (TPSA) is 77.0 Å². The van der Waals surface area contributed by atoms with Gasteiger partial charge in [-0.1, -0.05) is 0 Å². The normalized spacial score (nSPS) is 28.1. The number of aromatic nitrogens is 2. The Morgan fingerprint density at radius 2 is 1.93 bits per heavy atom. The lowest BCUT2D eigenvalue weighted by Crippen LogP contribution is -2.49. The molecule has 8 nitrogen and oxygen atoms in total. The summed E-state index contributed by atoms with van der Waals surface area (Å²) in [6.07, 6.45) is 6.89. The van der Waals surface area contributed by atoms with Crippen LogP contribution in [0.1, 0.15) is 44.9 Å². The molecule has 4 heterocycles. The zero-order valence-electron chi connectivity index (χ0n) is 16.9. The van der Waals surface area contributed by atoms with Crippen molar-refractivity contribution in [3.63, 3.8) is 0 Å². The Bertz CT molecular complexity index is 687. The first-order chi connectivity index (χ1) is 13.6. The van der Waals surface area contributed by atoms with Crippen LogP contribution in [-0.2, 0) is 9.53 Å². The van der Waals surface area contributed by atoms with E-state index in [9.17, 15) is 4.79 Å². The number of methoxy groups -OCH3 is 2. The van der Waals surface area contributed by atoms with Crippen LogP contribution in [0.3, 0.4) is 0 Å². The quantitative estimate of drug-likeness (QED) is 0.761. The molecule has 3 aliphatic heterocycles. The molecule has 2 atom stereocenters. The van der Waals surface area contributed by atoms with Crippen LogP contribution in [0.2, 0.25) is 0 Å². The first kappa shape index (κ1) is 19.2. The van der Waals surface area contributed by atoms with Gasteiger partial charge in [0.15, 0.2) is 0 Å². The SMILES string of the molecule is COc1cc(OC)nc(N2CCCC3(CCC(=O)N3CC3CCCO3)CC2)n1. The molecule has 1 spiro atoms. The molecule has 28 heavy (non-hydrogen) atoms. The van der Waals surface area contributed by atoms with Crippen molar-refractivity contribution in [2.45, 2.75) is 56.6 Å². The number of amides is 1. The van der Waals surface area contributed by atoms with Gasteiger partial charge in [0.1, 0.15) is 0 Å². The van der Waals surface area contributed by atoms with Crippen molar-refractivity contribution in [2.24, 2.45) is 0 Å². The molecule has 2 unspecified atom stereocenters. The lowest BCUT2D eigenvalue weighted by Gasteiger charge is -2.39. The van der Waals surface area contributed by atoms with Crippen LogP contribution in [0.15, 0.2) is 6.07 Å². The van der Waals surface area contributed by atoms with Gasteiger partial charge < -0.3 is 24.0 Å². The fraction of sp³-hybridized carbons (Fsp3) is 0.750. The number of likely N-dealkylation sites (tertiary alicyclic amines) is 1. The highest BCUT2D eigenvalue weighted by molar-refractivity contribution is 5.79. The number of nitrogens with zero attached hydrogens (tertiary/aromatic N) is 4. The molecule has 3 saturated heterocycles. The second-order valence-corrected chi connectivity index (χ2v) is 7.96. The van der Waals surface area contributed by atoms with Gasteiger partial charge in [0.2, 0.25) is 23.6 Å². The molecule has 0 aliphatic carbocycles. The number of rotatable bonds is 5. The average molecular weight is 390 g/mol. The van der Waals surface area contributed by atoms with E-state index in [0.717, 1.165) is 64.8 Å². The monoisotopic (exact) mass is 390 g/mol. The number of carbonyl (C=O) groups is 1. The van der Waals surface area contributed by atoms with E-state index in [4.69, 9.17) is 14.2 Å². The molecule has 1 amide bonds. The van der Waals surface area contributed by atoms with Gasteiger partial charge in [0.05, 0.1) is 26.4 Å². The molecular formula is C20H30N4O4. The van der Waals surface area contributed by atoms with E-state index in [1.165, 1.54) is 0 Å². The van der Waals surface area contributed by atoms with Gasteiger partial charge in [0.25, 0.3) is 0 Å². The number of carbonyl (C=O) groups excluding carboxylic acids is 1. The predicted octanol–water partition coefficient (Wildman–Crippen LogP) is 2.02. The molecule has 4 rings (SSSR count). The molecule has 1 aromatic heterocycles. The van der Waals surface area contributed by atoms with E-state index < -0.39 is 0 Å². The van der Waals surface area contributed by atoms with E-state index in [1.807, 2.05) is 0 Å². The maximum Gasteiger partial charge on any atom is 0.231 e. The summed E-state index contributed by atoms with van der Waals surface area (Å²) < 4.78 is 16.4. The van der Waals surface area contributed by atoms with Crippen molar-refractivity contribution in [1.82, 2.24) is 14.9 Å². The second-order valence-electron chi connectivity index (χ2n) is 7.96. The third-order valence-corrected chi connectivity index (χ3v) is 6.37. The van der Waals surface area contributed by atoms with Crippen molar-refractivity contribution < 1.29 is 19.0 Å². The Morgan fingerprint density at radius 3 is 2.61 bits per heavy atom. The third-order valence-electron chi connectivity index (χ3n) is 6.37. The summed E-state index contributed by atoms with van der Waals surface area (Å²) in [4.78, 5) is 26.0. The first-order valence-corrected chi connectivity index (χ1v) is 10.3. The number of ether oxygens (including phenoxy) is 3. The van der Waals surface area contributed by atoms with Crippen LogP contribution in [0, 0.1) is 0 Å². The lowest BCUT2D eigenvalue weighted by molar-refractivity contribution is -0.133. The zero-order chi connectivity index (χ0) is 19.6. The van der Waals surface area contributed by atoms with Gasteiger partial charge in [-0.15, -0.1) is 0 Å². The minimum Gasteiger partial charge on any atom is -0.481 e. The summed E-state index contributed by atoms with van der Waals surface area (Å²) in [5.41, 5.74) is -0.0548. The van der Waals surface area contributed by atoms with E-state index in [0.29, 0.717) is 24.1 Å². The largest absolute Gasteiger partial charge is 0.481 e. The highest BCUT2D eigenvalue weighted by Crippen LogP contribution is 2.40. The van der Waals surface area contributed by atoms with Gasteiger partial charge in [-0.3, -0.25) is 4.79 Å². The highest BCUT2D eigenvalue weighted by atomic mass is 16.5. The predicted molar refractivity (Wildman–Crippen MR) is 104 cm³/mol. The van der Waals surface area contributed by atoms with Crippen LogP contribution in [-0.4, -0.2) is 72.9 Å². The maximum absolute atomic E-state index is 12.7. The molecular weight excluding hydrogens is 360 g/mol. The molecule has 1 aromatic rings. The van der Waals surface area contributed by atoms with Gasteiger partial charge >= 0.3 is 0 Å². The van der Waals surface area contributed by atoms with Crippen LogP contribution >= 0.6 is 0 Å². The highest BCUT2D eigenvalue weighted by Gasteiger charge is 2.46. The standard InChI is InChI=1S/C20H30N4O4/c1-26-16-13-17(27-2)22-19(21-16)23-10-4-7-20(9-11-23)8-6-18(25)24(20)14-15-5-3-12-28-15/h13,15H,3-12,14H2,1-2H3. The Hall–Kier alpha value is -2.09. The molecule has 0 radical (unpaired) electrons. The number of hydrogen-bond donors (Lipinski definition) is 0. The smallest absolute Gasteiger partial charge is 0.231 e. The summed E-state index contributed by atoms with van der Waals surface area (Å²) in [6, 6.07) is 1.68. The van der Waals surface area contributed by atoms with E-state index in [2.05, 4.69) is 19.8 Å². The van der Waals surface area contributed by atoms with Gasteiger partial charge in [-0.05, 0) is 38.5 Å². The Balaban J connectivity index is 1.50. The second kappa shape index (κ2) is 8.11. The molecule has 0 N–H and O–H groups in total. The number of hydrogen-bond acceptors (Lipinski definition) is 7. The minimum atomic E-state index is -0.0548. The minimum absolute atomic E-state index is 0.0548. The molecule has 0 bridgehead atoms. The van der Waals surface area contributed by atoms with Crippen molar-refractivity contribution >= 4 is 11.9 Å². The van der Waals surface area contributed by atoms with Crippen LogP contribution in [0.5, 0.6) is 11.8 Å². The summed E-state index contributed by atoms with van der Waals surface area (Å²) in [5, 5.41) is 0. The molecule has 0 aromatic carbocycles. The van der Waals surface area contributed by atoms with Crippen molar-refractivity contribution in [2.75, 3.05) is 45.4 Å². The maximum atomic E-state index is 12.7. The van der Waals surface area contributed by atoms with Gasteiger partial charge in [-0.2, -0.15) is 9.97 Å². The van der Waals surface area contributed by atoms with Crippen molar-refractivity contribution in [1.29, 1.82) is 0 Å². The lowest BCUT2D eigenvalue weighted by atomic mass is 9.87. The van der Waals surface area contributed by atoms with Crippen molar-refractivity contribution in [3.8, 4) is 11.8 Å². The van der Waals surface area contributed by atoms with Gasteiger partial charge in [-0.25, -0.2) is 0 Å². The summed E-state index contributed by atoms with van der Waals surface area (Å²) in [5.74, 6) is 1.90. The fourth-order valence-electron chi connectivity index (χ4n) is 4.80. The third kappa shape index (κ3) is 3.74. The number of anilines is 1. The molecule has 8 heteroatoms. The van der Waals surface area contributed by atoms with Crippen molar-refractivity contribution in [3.05, 3.63) is 6.07 Å².